The van der Waals surface area contributed by atoms with E-state index < -0.39 is 0 Å². The summed E-state index contributed by atoms with van der Waals surface area (Å²) in [7, 11) is 0. The normalized spacial score (nSPS) is 10.6. The summed E-state index contributed by atoms with van der Waals surface area (Å²) in [5, 5.41) is 9.45. The molecular weight excluding hydrogens is 238 g/mol. The lowest BCUT2D eigenvalue weighted by molar-refractivity contribution is 0.274. The molecule has 0 saturated carbocycles. The number of pyridine rings is 1. The molecule has 0 aliphatic carbocycles. The van der Waals surface area contributed by atoms with Gasteiger partial charge in [0.05, 0.1) is 6.61 Å². The van der Waals surface area contributed by atoms with Gasteiger partial charge in [-0.3, -0.25) is 0 Å². The number of hydrogen-bond acceptors (Lipinski definition) is 3. The molecule has 3 nitrogen and oxygen atoms in total. The zero-order valence-electron chi connectivity index (χ0n) is 11.8. The SMILES string of the molecule is Cc1cc(C)c(CO)c(Oc2ccc(C)c(C)c2)n1. The summed E-state index contributed by atoms with van der Waals surface area (Å²) >= 11 is 0. The van der Waals surface area contributed by atoms with E-state index in [1.54, 1.807) is 0 Å². The molecule has 100 valence electrons. The van der Waals surface area contributed by atoms with Gasteiger partial charge in [0.15, 0.2) is 0 Å². The van der Waals surface area contributed by atoms with Crippen molar-refractivity contribution in [2.24, 2.45) is 0 Å². The first kappa shape index (κ1) is 13.6. The molecule has 2 rings (SSSR count). The number of ether oxygens (including phenoxy) is 1. The van der Waals surface area contributed by atoms with E-state index in [0.29, 0.717) is 5.88 Å². The molecule has 19 heavy (non-hydrogen) atoms. The Hall–Kier alpha value is -1.87. The zero-order valence-corrected chi connectivity index (χ0v) is 11.8. The molecular formula is C16H19NO2. The Kier molecular flexibility index (Phi) is 3.86. The van der Waals surface area contributed by atoms with Crippen LogP contribution in [-0.4, -0.2) is 10.1 Å². The Labute approximate surface area is 113 Å². The molecule has 0 atom stereocenters. The molecule has 0 spiro atoms. The number of nitrogens with zero attached hydrogens (tertiary/aromatic N) is 1. The van der Waals surface area contributed by atoms with E-state index in [9.17, 15) is 5.11 Å². The van der Waals surface area contributed by atoms with Crippen LogP contribution in [0.4, 0.5) is 0 Å². The fourth-order valence-corrected chi connectivity index (χ4v) is 1.99. The monoisotopic (exact) mass is 257 g/mol. The molecule has 0 unspecified atom stereocenters. The highest BCUT2D eigenvalue weighted by molar-refractivity contribution is 5.40. The van der Waals surface area contributed by atoms with Crippen LogP contribution in [0.5, 0.6) is 11.6 Å². The molecule has 0 aliphatic rings. The van der Waals surface area contributed by atoms with E-state index >= 15 is 0 Å². The summed E-state index contributed by atoms with van der Waals surface area (Å²) in [5.74, 6) is 1.23. The van der Waals surface area contributed by atoms with Gasteiger partial charge in [0.1, 0.15) is 5.75 Å². The highest BCUT2D eigenvalue weighted by Crippen LogP contribution is 2.27. The van der Waals surface area contributed by atoms with E-state index in [0.717, 1.165) is 22.6 Å². The van der Waals surface area contributed by atoms with Crippen LogP contribution >= 0.6 is 0 Å². The Morgan fingerprint density at radius 1 is 1.00 bits per heavy atom. The van der Waals surface area contributed by atoms with Gasteiger partial charge in [0.2, 0.25) is 5.88 Å². The van der Waals surface area contributed by atoms with Crippen molar-refractivity contribution in [2.75, 3.05) is 0 Å². The average molecular weight is 257 g/mol. The maximum atomic E-state index is 9.45. The second kappa shape index (κ2) is 5.41. The molecule has 1 heterocycles. The Morgan fingerprint density at radius 3 is 2.37 bits per heavy atom. The van der Waals surface area contributed by atoms with Crippen molar-refractivity contribution in [2.45, 2.75) is 34.3 Å². The van der Waals surface area contributed by atoms with E-state index in [-0.39, 0.29) is 6.61 Å². The summed E-state index contributed by atoms with van der Waals surface area (Å²) in [6.07, 6.45) is 0. The van der Waals surface area contributed by atoms with Crippen LogP contribution in [0.25, 0.3) is 0 Å². The Balaban J connectivity index is 2.39. The number of benzene rings is 1. The van der Waals surface area contributed by atoms with Gasteiger partial charge < -0.3 is 9.84 Å². The molecule has 0 radical (unpaired) electrons. The third-order valence-corrected chi connectivity index (χ3v) is 3.29. The van der Waals surface area contributed by atoms with Crippen molar-refractivity contribution in [1.82, 2.24) is 4.98 Å². The van der Waals surface area contributed by atoms with Gasteiger partial charge in [-0.2, -0.15) is 0 Å². The van der Waals surface area contributed by atoms with E-state index in [1.165, 1.54) is 11.1 Å². The topological polar surface area (TPSA) is 42.4 Å². The van der Waals surface area contributed by atoms with Crippen molar-refractivity contribution in [3.63, 3.8) is 0 Å². The molecule has 0 aliphatic heterocycles. The third kappa shape index (κ3) is 2.93. The minimum absolute atomic E-state index is 0.0701. The molecule has 0 fully saturated rings. The zero-order chi connectivity index (χ0) is 14.0. The van der Waals surface area contributed by atoms with Crippen LogP contribution in [0, 0.1) is 27.7 Å². The molecule has 1 aromatic carbocycles. The second-order valence-corrected chi connectivity index (χ2v) is 4.87. The summed E-state index contributed by atoms with van der Waals surface area (Å²) in [6, 6.07) is 7.86. The fraction of sp³-hybridized carbons (Fsp3) is 0.312. The van der Waals surface area contributed by atoms with Gasteiger partial charge in [-0.05, 0) is 62.6 Å². The van der Waals surface area contributed by atoms with Crippen molar-refractivity contribution >= 4 is 0 Å². The van der Waals surface area contributed by atoms with Crippen LogP contribution < -0.4 is 4.74 Å². The summed E-state index contributed by atoms with van der Waals surface area (Å²) < 4.78 is 5.83. The number of rotatable bonds is 3. The van der Waals surface area contributed by atoms with E-state index in [2.05, 4.69) is 11.9 Å². The van der Waals surface area contributed by atoms with Gasteiger partial charge in [0, 0.05) is 11.3 Å². The van der Waals surface area contributed by atoms with Crippen LogP contribution in [0.1, 0.15) is 27.9 Å². The predicted molar refractivity (Wildman–Crippen MR) is 75.6 cm³/mol. The number of aliphatic hydroxyl groups is 1. The van der Waals surface area contributed by atoms with E-state index in [4.69, 9.17) is 4.74 Å². The average Bonchev–Trinajstić information content (AvgIpc) is 2.33. The number of aliphatic hydroxyl groups excluding tert-OH is 1. The predicted octanol–water partition coefficient (Wildman–Crippen LogP) is 3.60. The Morgan fingerprint density at radius 2 is 1.74 bits per heavy atom. The lowest BCUT2D eigenvalue weighted by Crippen LogP contribution is -2.00. The lowest BCUT2D eigenvalue weighted by Gasteiger charge is -2.13. The van der Waals surface area contributed by atoms with Crippen molar-refractivity contribution < 1.29 is 9.84 Å². The van der Waals surface area contributed by atoms with Crippen molar-refractivity contribution in [3.8, 4) is 11.6 Å². The first-order valence-corrected chi connectivity index (χ1v) is 6.34. The molecule has 3 heteroatoms. The van der Waals surface area contributed by atoms with Crippen LogP contribution in [0.3, 0.4) is 0 Å². The number of hydrogen-bond donors (Lipinski definition) is 1. The highest BCUT2D eigenvalue weighted by Gasteiger charge is 2.10. The molecule has 2 aromatic rings. The summed E-state index contributed by atoms with van der Waals surface area (Å²) in [4.78, 5) is 4.37. The van der Waals surface area contributed by atoms with Gasteiger partial charge in [-0.25, -0.2) is 4.98 Å². The third-order valence-electron chi connectivity index (χ3n) is 3.29. The minimum atomic E-state index is -0.0701. The molecule has 0 saturated heterocycles. The van der Waals surface area contributed by atoms with Crippen LogP contribution in [0.15, 0.2) is 24.3 Å². The molecule has 1 N–H and O–H groups in total. The molecule has 0 amide bonds. The minimum Gasteiger partial charge on any atom is -0.439 e. The smallest absolute Gasteiger partial charge is 0.225 e. The standard InChI is InChI=1S/C16H19NO2/c1-10-5-6-14(8-11(10)2)19-16-15(9-18)12(3)7-13(4)17-16/h5-8,18H,9H2,1-4H3. The van der Waals surface area contributed by atoms with Gasteiger partial charge in [-0.15, -0.1) is 0 Å². The maximum absolute atomic E-state index is 9.45. The summed E-state index contributed by atoms with van der Waals surface area (Å²) in [6.45, 7) is 7.91. The van der Waals surface area contributed by atoms with E-state index in [1.807, 2.05) is 45.0 Å². The molecule has 1 aromatic heterocycles. The molecule has 0 bridgehead atoms. The largest absolute Gasteiger partial charge is 0.439 e. The van der Waals surface area contributed by atoms with Crippen LogP contribution in [-0.2, 0) is 6.61 Å². The van der Waals surface area contributed by atoms with Gasteiger partial charge in [0.25, 0.3) is 0 Å². The maximum Gasteiger partial charge on any atom is 0.225 e. The number of aromatic nitrogens is 1. The lowest BCUT2D eigenvalue weighted by atomic mass is 10.1. The quantitative estimate of drug-likeness (QED) is 0.913. The first-order valence-electron chi connectivity index (χ1n) is 6.34. The van der Waals surface area contributed by atoms with Crippen LogP contribution in [0.2, 0.25) is 0 Å². The highest BCUT2D eigenvalue weighted by atomic mass is 16.5. The van der Waals surface area contributed by atoms with Crippen molar-refractivity contribution in [1.29, 1.82) is 0 Å². The van der Waals surface area contributed by atoms with Crippen molar-refractivity contribution in [3.05, 3.63) is 52.2 Å². The fourth-order valence-electron chi connectivity index (χ4n) is 1.99. The second-order valence-electron chi connectivity index (χ2n) is 4.87. The Bertz CT molecular complexity index is 606. The van der Waals surface area contributed by atoms with Gasteiger partial charge in [-0.1, -0.05) is 6.07 Å². The van der Waals surface area contributed by atoms with Gasteiger partial charge >= 0.3 is 0 Å². The number of aryl methyl sites for hydroxylation is 4. The summed E-state index contributed by atoms with van der Waals surface area (Å²) in [5.41, 5.74) is 5.02. The first-order chi connectivity index (χ1) is 9.01.